The highest BCUT2D eigenvalue weighted by Gasteiger charge is 2.07. The molecule has 9 heteroatoms. The van der Waals surface area contributed by atoms with E-state index in [1.807, 2.05) is 18.2 Å². The van der Waals surface area contributed by atoms with Crippen molar-refractivity contribution in [3.63, 3.8) is 0 Å². The molecule has 0 saturated carbocycles. The molecule has 158 valence electrons. The molecule has 2 aromatic carbocycles. The molecular weight excluding hydrogens is 412 g/mol. The molecule has 0 radical (unpaired) electrons. The predicted molar refractivity (Wildman–Crippen MR) is 114 cm³/mol. The van der Waals surface area contributed by atoms with E-state index in [0.717, 1.165) is 6.42 Å². The second-order valence-electron chi connectivity index (χ2n) is 6.69. The molecule has 0 unspecified atom stereocenters. The van der Waals surface area contributed by atoms with Crippen LogP contribution in [0.2, 0.25) is 0 Å². The number of nitrogens with zero attached hydrogens (tertiary/aromatic N) is 1. The molecule has 0 aliphatic heterocycles. The van der Waals surface area contributed by atoms with E-state index in [2.05, 4.69) is 15.0 Å². The molecule has 0 saturated heterocycles. The van der Waals surface area contributed by atoms with Crippen molar-refractivity contribution in [1.29, 1.82) is 0 Å². The summed E-state index contributed by atoms with van der Waals surface area (Å²) >= 11 is 5.28. The number of carbonyl (C=O) groups excluding carboxylic acids is 1. The first kappa shape index (κ1) is 21.6. The number of alkyl halides is 2. The standard InChI is InChI=1S/C21H21F2N3O3S/c22-20(23)29-15-11-9-14(10-12-15)24-18(27)8-2-1-5-13-26-19(28)16-6-3-4-7-17(16)25-21(26)30/h3-4,6-7,9-12,20H,1-2,5,8,13H2,(H,24,27)(H,25,30). The van der Waals surface area contributed by atoms with E-state index >= 15 is 0 Å². The van der Waals surface area contributed by atoms with Crippen LogP contribution in [0.4, 0.5) is 14.5 Å². The molecule has 6 nitrogen and oxygen atoms in total. The molecule has 0 bridgehead atoms. The molecule has 2 N–H and O–H groups in total. The van der Waals surface area contributed by atoms with Crippen molar-refractivity contribution in [2.24, 2.45) is 0 Å². The van der Waals surface area contributed by atoms with Crippen LogP contribution < -0.4 is 15.6 Å². The van der Waals surface area contributed by atoms with Crippen LogP contribution in [-0.2, 0) is 11.3 Å². The number of H-pyrrole nitrogens is 1. The number of para-hydroxylation sites is 1. The Labute approximate surface area is 176 Å². The van der Waals surface area contributed by atoms with Crippen molar-refractivity contribution in [3.8, 4) is 5.75 Å². The zero-order valence-electron chi connectivity index (χ0n) is 16.1. The molecular formula is C21H21F2N3O3S. The van der Waals surface area contributed by atoms with E-state index in [4.69, 9.17) is 12.2 Å². The van der Waals surface area contributed by atoms with E-state index in [0.29, 0.717) is 47.2 Å². The van der Waals surface area contributed by atoms with Crippen molar-refractivity contribution in [1.82, 2.24) is 9.55 Å². The lowest BCUT2D eigenvalue weighted by Gasteiger charge is -2.09. The number of halogens is 2. The maximum Gasteiger partial charge on any atom is 0.387 e. The summed E-state index contributed by atoms with van der Waals surface area (Å²) in [5.74, 6) is -0.136. The fourth-order valence-corrected chi connectivity index (χ4v) is 3.36. The molecule has 1 aromatic heterocycles. The zero-order valence-corrected chi connectivity index (χ0v) is 16.9. The van der Waals surface area contributed by atoms with Crippen LogP contribution in [0.25, 0.3) is 10.9 Å². The van der Waals surface area contributed by atoms with Crippen LogP contribution in [-0.4, -0.2) is 22.1 Å². The Kier molecular flexibility index (Phi) is 7.29. The molecule has 1 amide bonds. The number of unbranched alkanes of at least 4 members (excludes halogenated alkanes) is 2. The van der Waals surface area contributed by atoms with Crippen LogP contribution >= 0.6 is 12.2 Å². The maximum atomic E-state index is 12.6. The Hall–Kier alpha value is -3.07. The van der Waals surface area contributed by atoms with Crippen molar-refractivity contribution >= 4 is 34.7 Å². The molecule has 0 atom stereocenters. The van der Waals surface area contributed by atoms with Gasteiger partial charge in [-0.15, -0.1) is 0 Å². The summed E-state index contributed by atoms with van der Waals surface area (Å²) in [7, 11) is 0. The predicted octanol–water partition coefficient (Wildman–Crippen LogP) is 4.86. The third-order valence-electron chi connectivity index (χ3n) is 4.54. The molecule has 3 rings (SSSR count). The highest BCUT2D eigenvalue weighted by atomic mass is 32.1. The van der Waals surface area contributed by atoms with Crippen LogP contribution in [0.1, 0.15) is 25.7 Å². The van der Waals surface area contributed by atoms with Gasteiger partial charge in [-0.2, -0.15) is 8.78 Å². The minimum Gasteiger partial charge on any atom is -0.435 e. The first-order chi connectivity index (χ1) is 14.4. The Balaban J connectivity index is 1.44. The van der Waals surface area contributed by atoms with Gasteiger partial charge < -0.3 is 15.0 Å². The molecule has 3 aromatic rings. The normalized spacial score (nSPS) is 11.0. The van der Waals surface area contributed by atoms with Crippen molar-refractivity contribution < 1.29 is 18.3 Å². The third kappa shape index (κ3) is 5.73. The van der Waals surface area contributed by atoms with Crippen molar-refractivity contribution in [2.45, 2.75) is 38.8 Å². The van der Waals surface area contributed by atoms with Gasteiger partial charge in [0, 0.05) is 18.7 Å². The van der Waals surface area contributed by atoms with E-state index in [-0.39, 0.29) is 17.2 Å². The van der Waals surface area contributed by atoms with Gasteiger partial charge in [0.25, 0.3) is 5.56 Å². The summed E-state index contributed by atoms with van der Waals surface area (Å²) in [5, 5.41) is 3.30. The average Bonchev–Trinajstić information content (AvgIpc) is 2.71. The van der Waals surface area contributed by atoms with Gasteiger partial charge in [-0.3, -0.25) is 14.2 Å². The first-order valence-electron chi connectivity index (χ1n) is 9.50. The Morgan fingerprint density at radius 2 is 1.83 bits per heavy atom. The molecule has 0 aliphatic rings. The smallest absolute Gasteiger partial charge is 0.387 e. The number of aromatic nitrogens is 2. The summed E-state index contributed by atoms with van der Waals surface area (Å²) in [6, 6.07) is 13.0. The number of rotatable bonds is 9. The molecule has 1 heterocycles. The van der Waals surface area contributed by atoms with Gasteiger partial charge >= 0.3 is 6.61 Å². The van der Waals surface area contributed by atoms with E-state index in [1.54, 1.807) is 10.6 Å². The van der Waals surface area contributed by atoms with Gasteiger partial charge in [0.2, 0.25) is 5.91 Å². The van der Waals surface area contributed by atoms with Gasteiger partial charge in [0.1, 0.15) is 5.75 Å². The monoisotopic (exact) mass is 433 g/mol. The number of amides is 1. The molecule has 0 spiro atoms. The number of hydrogen-bond donors (Lipinski definition) is 2. The highest BCUT2D eigenvalue weighted by molar-refractivity contribution is 7.71. The van der Waals surface area contributed by atoms with Crippen molar-refractivity contribution in [2.75, 3.05) is 5.32 Å². The fraction of sp³-hybridized carbons (Fsp3) is 0.286. The maximum absolute atomic E-state index is 12.6. The average molecular weight is 433 g/mol. The van der Waals surface area contributed by atoms with Gasteiger partial charge in [0.15, 0.2) is 4.77 Å². The first-order valence-corrected chi connectivity index (χ1v) is 9.91. The Morgan fingerprint density at radius 1 is 1.10 bits per heavy atom. The lowest BCUT2D eigenvalue weighted by molar-refractivity contribution is -0.116. The number of hydrogen-bond acceptors (Lipinski definition) is 4. The summed E-state index contributed by atoms with van der Waals surface area (Å²) < 4.78 is 30.5. The summed E-state index contributed by atoms with van der Waals surface area (Å²) in [6.45, 7) is -2.41. The minimum absolute atomic E-state index is 0.0327. The number of carbonyl (C=O) groups is 1. The van der Waals surface area contributed by atoms with Gasteiger partial charge in [-0.05, 0) is 61.5 Å². The lowest BCUT2D eigenvalue weighted by Crippen LogP contribution is -2.22. The van der Waals surface area contributed by atoms with E-state index in [1.165, 1.54) is 24.3 Å². The number of fused-ring (bicyclic) bond motifs is 1. The van der Waals surface area contributed by atoms with Gasteiger partial charge in [-0.1, -0.05) is 18.6 Å². The van der Waals surface area contributed by atoms with Crippen LogP contribution in [0.15, 0.2) is 53.3 Å². The summed E-state index contributed by atoms with van der Waals surface area (Å²) in [5.41, 5.74) is 1.11. The van der Waals surface area contributed by atoms with Crippen molar-refractivity contribution in [3.05, 3.63) is 63.7 Å². The third-order valence-corrected chi connectivity index (χ3v) is 4.86. The summed E-state index contributed by atoms with van der Waals surface area (Å²) in [6.07, 6.45) is 2.43. The Bertz CT molecular complexity index is 1130. The number of ether oxygens (including phenoxy) is 1. The number of aromatic amines is 1. The Morgan fingerprint density at radius 3 is 2.57 bits per heavy atom. The van der Waals surface area contributed by atoms with Crippen LogP contribution in [0.5, 0.6) is 5.75 Å². The largest absolute Gasteiger partial charge is 0.435 e. The minimum atomic E-state index is -2.88. The second kappa shape index (κ2) is 10.1. The topological polar surface area (TPSA) is 76.1 Å². The number of anilines is 1. The van der Waals surface area contributed by atoms with Gasteiger partial charge in [-0.25, -0.2) is 0 Å². The van der Waals surface area contributed by atoms with Crippen LogP contribution in [0, 0.1) is 4.77 Å². The molecule has 0 fully saturated rings. The SMILES string of the molecule is O=C(CCCCCn1c(=S)[nH]c2ccccc2c1=O)Nc1ccc(OC(F)F)cc1. The summed E-state index contributed by atoms with van der Waals surface area (Å²) in [4.78, 5) is 27.7. The van der Waals surface area contributed by atoms with Gasteiger partial charge in [0.05, 0.1) is 10.9 Å². The lowest BCUT2D eigenvalue weighted by atomic mass is 10.2. The quantitative estimate of drug-likeness (QED) is 0.373. The highest BCUT2D eigenvalue weighted by Crippen LogP contribution is 2.18. The van der Waals surface area contributed by atoms with E-state index in [9.17, 15) is 18.4 Å². The molecule has 0 aliphatic carbocycles. The number of benzene rings is 2. The fourth-order valence-electron chi connectivity index (χ4n) is 3.08. The van der Waals surface area contributed by atoms with E-state index < -0.39 is 6.61 Å². The number of nitrogens with one attached hydrogen (secondary N) is 2. The molecule has 30 heavy (non-hydrogen) atoms. The second-order valence-corrected chi connectivity index (χ2v) is 7.08. The zero-order chi connectivity index (χ0) is 21.5. The van der Waals surface area contributed by atoms with Crippen LogP contribution in [0.3, 0.4) is 0 Å².